The van der Waals surface area contributed by atoms with Crippen molar-refractivity contribution in [2.45, 2.75) is 16.2 Å². The quantitative estimate of drug-likeness (QED) is 0.366. The van der Waals surface area contributed by atoms with Gasteiger partial charge in [-0.1, -0.05) is 35.3 Å². The summed E-state index contributed by atoms with van der Waals surface area (Å²) in [6.07, 6.45) is -0.278. The summed E-state index contributed by atoms with van der Waals surface area (Å²) in [6, 6.07) is 16.6. The maximum atomic E-state index is 13.0. The molecule has 1 aromatic heterocycles. The fourth-order valence-corrected chi connectivity index (χ4v) is 5.32. The number of carboxylic acids is 1. The molecular formula is C24H18Cl2N2O5S. The third kappa shape index (κ3) is 4.52. The van der Waals surface area contributed by atoms with E-state index in [0.717, 1.165) is 5.52 Å². The molecule has 0 radical (unpaired) electrons. The molecule has 10 heteroatoms. The predicted molar refractivity (Wildman–Crippen MR) is 131 cm³/mol. The predicted octanol–water partition coefficient (Wildman–Crippen LogP) is 5.20. The van der Waals surface area contributed by atoms with Gasteiger partial charge in [0.25, 0.3) is 5.91 Å². The molecule has 0 aliphatic rings. The minimum atomic E-state index is -3.86. The molecule has 0 saturated carbocycles. The van der Waals surface area contributed by atoms with E-state index in [1.54, 1.807) is 35.9 Å². The Kier molecular flexibility index (Phi) is 6.40. The van der Waals surface area contributed by atoms with Gasteiger partial charge in [-0.25, -0.2) is 8.42 Å². The molecule has 0 spiro atoms. The van der Waals surface area contributed by atoms with Crippen molar-refractivity contribution in [3.63, 3.8) is 0 Å². The number of rotatable bonds is 6. The molecule has 0 unspecified atom stereocenters. The Balaban J connectivity index is 1.57. The van der Waals surface area contributed by atoms with Crippen LogP contribution in [0.2, 0.25) is 10.0 Å². The number of hydrogen-bond acceptors (Lipinski definition) is 4. The van der Waals surface area contributed by atoms with Crippen molar-refractivity contribution in [1.82, 2.24) is 4.57 Å². The number of amides is 1. The molecule has 174 valence electrons. The van der Waals surface area contributed by atoms with Gasteiger partial charge in [-0.2, -0.15) is 0 Å². The van der Waals surface area contributed by atoms with Crippen molar-refractivity contribution in [3.05, 3.63) is 88.0 Å². The number of sulfone groups is 1. The number of nitrogens with zero attached hydrogens (tertiary/aromatic N) is 1. The monoisotopic (exact) mass is 516 g/mol. The second-order valence-electron chi connectivity index (χ2n) is 7.58. The molecular weight excluding hydrogens is 499 g/mol. The SMILES string of the molecule is Cn1c(C(=O)Nc2ccc(S(=O)(=O)c3cccc(CC(=O)O)c3)cc2)cc2c(Cl)c(Cl)ccc21. The fourth-order valence-electron chi connectivity index (χ4n) is 3.61. The van der Waals surface area contributed by atoms with E-state index in [0.29, 0.717) is 32.4 Å². The van der Waals surface area contributed by atoms with Gasteiger partial charge in [0.15, 0.2) is 0 Å². The third-order valence-electron chi connectivity index (χ3n) is 5.33. The Morgan fingerprint density at radius 3 is 2.35 bits per heavy atom. The standard InChI is InChI=1S/C24H18Cl2N2O5S/c1-28-20-10-9-19(25)23(26)18(20)13-21(28)24(31)27-15-5-7-16(8-6-15)34(32,33)17-4-2-3-14(11-17)12-22(29)30/h2-11,13H,12H2,1H3,(H,27,31)(H,29,30). The third-order valence-corrected chi connectivity index (χ3v) is 7.92. The van der Waals surface area contributed by atoms with Gasteiger partial charge in [-0.15, -0.1) is 0 Å². The Hall–Kier alpha value is -3.33. The fraction of sp³-hybridized carbons (Fsp3) is 0.0833. The van der Waals surface area contributed by atoms with Crippen molar-refractivity contribution in [3.8, 4) is 0 Å². The number of nitrogens with one attached hydrogen (secondary N) is 1. The first-order valence-corrected chi connectivity index (χ1v) is 12.2. The maximum Gasteiger partial charge on any atom is 0.307 e. The van der Waals surface area contributed by atoms with Crippen molar-refractivity contribution >= 4 is 61.5 Å². The summed E-state index contributed by atoms with van der Waals surface area (Å²) in [4.78, 5) is 23.8. The largest absolute Gasteiger partial charge is 0.481 e. The highest BCUT2D eigenvalue weighted by Crippen LogP contribution is 2.33. The van der Waals surface area contributed by atoms with Gasteiger partial charge in [0.1, 0.15) is 5.69 Å². The van der Waals surface area contributed by atoms with E-state index in [1.165, 1.54) is 42.5 Å². The number of aromatic nitrogens is 1. The van der Waals surface area contributed by atoms with E-state index in [9.17, 15) is 18.0 Å². The molecule has 4 rings (SSSR count). The first kappa shape index (κ1) is 23.8. The molecule has 0 aliphatic heterocycles. The van der Waals surface area contributed by atoms with Crippen molar-refractivity contribution in [1.29, 1.82) is 0 Å². The van der Waals surface area contributed by atoms with Gasteiger partial charge in [0.05, 0.1) is 26.3 Å². The zero-order valence-corrected chi connectivity index (χ0v) is 20.1. The average molecular weight is 517 g/mol. The topological polar surface area (TPSA) is 105 Å². The smallest absolute Gasteiger partial charge is 0.307 e. The van der Waals surface area contributed by atoms with Crippen LogP contribution in [0, 0.1) is 0 Å². The summed E-state index contributed by atoms with van der Waals surface area (Å²) < 4.78 is 27.6. The second kappa shape index (κ2) is 9.13. The number of aryl methyl sites for hydroxylation is 1. The van der Waals surface area contributed by atoms with Gasteiger partial charge in [-0.05, 0) is 60.2 Å². The van der Waals surface area contributed by atoms with Crippen LogP contribution >= 0.6 is 23.2 Å². The molecule has 3 aromatic carbocycles. The molecule has 34 heavy (non-hydrogen) atoms. The summed E-state index contributed by atoms with van der Waals surface area (Å²) in [5.74, 6) is -1.45. The van der Waals surface area contributed by atoms with Gasteiger partial charge < -0.3 is 15.0 Å². The van der Waals surface area contributed by atoms with Crippen molar-refractivity contribution in [2.24, 2.45) is 7.05 Å². The number of carboxylic acid groups (broad SMARTS) is 1. The number of fused-ring (bicyclic) bond motifs is 1. The number of halogens is 2. The van der Waals surface area contributed by atoms with Crippen LogP contribution in [0.4, 0.5) is 5.69 Å². The summed E-state index contributed by atoms with van der Waals surface area (Å²) in [7, 11) is -2.13. The van der Waals surface area contributed by atoms with Crippen LogP contribution < -0.4 is 5.32 Å². The van der Waals surface area contributed by atoms with E-state index in [1.807, 2.05) is 0 Å². The van der Waals surface area contributed by atoms with E-state index in [-0.39, 0.29) is 16.2 Å². The van der Waals surface area contributed by atoms with Gasteiger partial charge in [-0.3, -0.25) is 9.59 Å². The summed E-state index contributed by atoms with van der Waals surface area (Å²) in [6.45, 7) is 0. The first-order chi connectivity index (χ1) is 16.1. The zero-order valence-electron chi connectivity index (χ0n) is 17.7. The second-order valence-corrected chi connectivity index (χ2v) is 10.3. The number of aliphatic carboxylic acids is 1. The maximum absolute atomic E-state index is 13.0. The van der Waals surface area contributed by atoms with Gasteiger partial charge in [0, 0.05) is 23.6 Å². The lowest BCUT2D eigenvalue weighted by molar-refractivity contribution is -0.136. The highest BCUT2D eigenvalue weighted by molar-refractivity contribution is 7.91. The summed E-state index contributed by atoms with van der Waals surface area (Å²) in [5.41, 5.74) is 1.88. The minimum absolute atomic E-state index is 0.00549. The number of carbonyl (C=O) groups excluding carboxylic acids is 1. The normalized spacial score (nSPS) is 11.5. The average Bonchev–Trinajstić information content (AvgIpc) is 3.13. The highest BCUT2D eigenvalue weighted by Gasteiger charge is 2.20. The molecule has 4 aromatic rings. The molecule has 0 bridgehead atoms. The highest BCUT2D eigenvalue weighted by atomic mass is 35.5. The molecule has 2 N–H and O–H groups in total. The molecule has 0 fully saturated rings. The van der Waals surface area contributed by atoms with Gasteiger partial charge >= 0.3 is 5.97 Å². The number of carbonyl (C=O) groups is 2. The van der Waals surface area contributed by atoms with Gasteiger partial charge in [0.2, 0.25) is 9.84 Å². The molecule has 0 atom stereocenters. The van der Waals surface area contributed by atoms with Crippen LogP contribution in [0.1, 0.15) is 16.1 Å². The Morgan fingerprint density at radius 2 is 1.68 bits per heavy atom. The molecule has 1 amide bonds. The molecule has 1 heterocycles. The molecule has 0 aliphatic carbocycles. The summed E-state index contributed by atoms with van der Waals surface area (Å²) in [5, 5.41) is 13.1. The Bertz CT molecular complexity index is 1540. The number of hydrogen-bond donors (Lipinski definition) is 2. The van der Waals surface area contributed by atoms with E-state index in [4.69, 9.17) is 28.3 Å². The van der Waals surface area contributed by atoms with E-state index < -0.39 is 21.7 Å². The molecule has 0 saturated heterocycles. The van der Waals surface area contributed by atoms with Crippen molar-refractivity contribution < 1.29 is 23.1 Å². The number of benzene rings is 3. The minimum Gasteiger partial charge on any atom is -0.481 e. The number of anilines is 1. The van der Waals surface area contributed by atoms with Crippen LogP contribution in [0.5, 0.6) is 0 Å². The Morgan fingerprint density at radius 1 is 0.971 bits per heavy atom. The Labute approximate surface area is 205 Å². The van der Waals surface area contributed by atoms with Crippen molar-refractivity contribution in [2.75, 3.05) is 5.32 Å². The first-order valence-electron chi connectivity index (χ1n) is 9.98. The lowest BCUT2D eigenvalue weighted by Crippen LogP contribution is -2.15. The van der Waals surface area contributed by atoms with Crippen LogP contribution in [-0.4, -0.2) is 30.0 Å². The van der Waals surface area contributed by atoms with E-state index in [2.05, 4.69) is 5.32 Å². The lowest BCUT2D eigenvalue weighted by Gasteiger charge is -2.09. The van der Waals surface area contributed by atoms with Crippen LogP contribution in [0.25, 0.3) is 10.9 Å². The van der Waals surface area contributed by atoms with Crippen LogP contribution in [-0.2, 0) is 28.1 Å². The zero-order chi connectivity index (χ0) is 24.6. The van der Waals surface area contributed by atoms with Crippen LogP contribution in [0.3, 0.4) is 0 Å². The molecule has 7 nitrogen and oxygen atoms in total. The summed E-state index contributed by atoms with van der Waals surface area (Å²) >= 11 is 12.3. The van der Waals surface area contributed by atoms with E-state index >= 15 is 0 Å². The lowest BCUT2D eigenvalue weighted by atomic mass is 10.2. The van der Waals surface area contributed by atoms with Crippen LogP contribution in [0.15, 0.2) is 76.5 Å².